The van der Waals surface area contributed by atoms with E-state index in [4.69, 9.17) is 9.47 Å². The molecule has 1 aromatic rings. The number of carbonyl (C=O) groups is 1. The third-order valence-corrected chi connectivity index (χ3v) is 4.34. The summed E-state index contributed by atoms with van der Waals surface area (Å²) in [6, 6.07) is 3.62. The van der Waals surface area contributed by atoms with Crippen molar-refractivity contribution in [1.82, 2.24) is 10.9 Å². The Balaban J connectivity index is 2.13. The van der Waals surface area contributed by atoms with E-state index in [0.717, 1.165) is 6.42 Å². The topological polar surface area (TPSA) is 79.8 Å². The number of fused-ring (bicyclic) bond motifs is 1. The second kappa shape index (κ2) is 7.40. The van der Waals surface area contributed by atoms with Crippen molar-refractivity contribution in [3.05, 3.63) is 23.3 Å². The lowest BCUT2D eigenvalue weighted by Crippen LogP contribution is -2.49. The minimum Gasteiger partial charge on any atom is -0.486 e. The summed E-state index contributed by atoms with van der Waals surface area (Å²) in [5, 5.41) is 9.24. The summed E-state index contributed by atoms with van der Waals surface area (Å²) in [6.45, 7) is 10.5. The van der Waals surface area contributed by atoms with Gasteiger partial charge in [-0.25, -0.2) is 5.43 Å². The summed E-state index contributed by atoms with van der Waals surface area (Å²) < 4.78 is 11.3. The molecule has 1 aliphatic rings. The lowest BCUT2D eigenvalue weighted by atomic mass is 9.86. The molecule has 1 amide bonds. The van der Waals surface area contributed by atoms with Crippen molar-refractivity contribution in [3.63, 3.8) is 0 Å². The van der Waals surface area contributed by atoms with Crippen LogP contribution in [0.1, 0.15) is 50.0 Å². The van der Waals surface area contributed by atoms with Crippen LogP contribution in [0.3, 0.4) is 0 Å². The fraction of sp³-hybridized carbons (Fsp3) is 0.611. The van der Waals surface area contributed by atoms with E-state index in [1.807, 2.05) is 6.92 Å². The number of aliphatic hydroxyl groups excluding tert-OH is 1. The SMILES string of the molecule is CCC(NNC(=O)c1ccc2c(c1C)OC(CO)CO2)C(C)(C)C. The highest BCUT2D eigenvalue weighted by Gasteiger charge is 2.26. The van der Waals surface area contributed by atoms with Crippen LogP contribution in [0.25, 0.3) is 0 Å². The van der Waals surface area contributed by atoms with E-state index in [2.05, 4.69) is 38.5 Å². The zero-order chi connectivity index (χ0) is 17.9. The van der Waals surface area contributed by atoms with Crippen LogP contribution in [0.2, 0.25) is 0 Å². The number of hydrogen-bond acceptors (Lipinski definition) is 5. The van der Waals surface area contributed by atoms with Crippen molar-refractivity contribution in [1.29, 1.82) is 0 Å². The van der Waals surface area contributed by atoms with Crippen LogP contribution in [-0.4, -0.2) is 36.4 Å². The summed E-state index contributed by atoms with van der Waals surface area (Å²) in [6.07, 6.45) is 0.500. The van der Waals surface area contributed by atoms with Gasteiger partial charge < -0.3 is 14.6 Å². The van der Waals surface area contributed by atoms with Crippen molar-refractivity contribution in [2.24, 2.45) is 5.41 Å². The standard InChI is InChI=1S/C18H28N2O4/c1-6-15(18(3,4)5)19-20-17(22)13-7-8-14-16(11(13)2)24-12(9-21)10-23-14/h7-8,12,15,19,21H,6,9-10H2,1-5H3,(H,20,22). The van der Waals surface area contributed by atoms with Crippen molar-refractivity contribution in [2.45, 2.75) is 53.2 Å². The first kappa shape index (κ1) is 18.5. The summed E-state index contributed by atoms with van der Waals surface area (Å²) >= 11 is 0. The molecule has 1 aromatic carbocycles. The normalized spacial score (nSPS) is 18.2. The number of aliphatic hydroxyl groups is 1. The van der Waals surface area contributed by atoms with E-state index in [9.17, 15) is 9.90 Å². The summed E-state index contributed by atoms with van der Waals surface area (Å²) in [4.78, 5) is 12.5. The van der Waals surface area contributed by atoms with Gasteiger partial charge in [-0.3, -0.25) is 10.2 Å². The zero-order valence-corrected chi connectivity index (χ0v) is 15.1. The molecule has 2 atom stereocenters. The monoisotopic (exact) mass is 336 g/mol. The molecule has 0 aliphatic carbocycles. The van der Waals surface area contributed by atoms with Crippen molar-refractivity contribution in [3.8, 4) is 11.5 Å². The molecule has 6 nitrogen and oxygen atoms in total. The molecule has 0 bridgehead atoms. The molecule has 0 radical (unpaired) electrons. The molecule has 1 aliphatic heterocycles. The Morgan fingerprint density at radius 1 is 1.42 bits per heavy atom. The average Bonchev–Trinajstić information content (AvgIpc) is 2.54. The van der Waals surface area contributed by atoms with Crippen LogP contribution in [0.5, 0.6) is 11.5 Å². The van der Waals surface area contributed by atoms with E-state index in [1.54, 1.807) is 12.1 Å². The first-order valence-corrected chi connectivity index (χ1v) is 8.37. The number of rotatable bonds is 5. The number of ether oxygens (including phenoxy) is 2. The summed E-state index contributed by atoms with van der Waals surface area (Å²) in [5.74, 6) is 0.909. The van der Waals surface area contributed by atoms with Gasteiger partial charge in [-0.2, -0.15) is 0 Å². The van der Waals surface area contributed by atoms with E-state index in [-0.39, 0.29) is 24.0 Å². The maximum Gasteiger partial charge on any atom is 0.265 e. The Morgan fingerprint density at radius 2 is 2.12 bits per heavy atom. The molecule has 2 unspecified atom stereocenters. The first-order valence-electron chi connectivity index (χ1n) is 8.37. The molecule has 6 heteroatoms. The molecular formula is C18H28N2O4. The first-order chi connectivity index (χ1) is 11.3. The number of nitrogens with one attached hydrogen (secondary N) is 2. The summed E-state index contributed by atoms with van der Waals surface area (Å²) in [5.41, 5.74) is 7.18. The third kappa shape index (κ3) is 3.99. The number of carbonyl (C=O) groups excluding carboxylic acids is 1. The molecule has 3 N–H and O–H groups in total. The van der Waals surface area contributed by atoms with E-state index < -0.39 is 6.10 Å². The van der Waals surface area contributed by atoms with Crippen molar-refractivity contribution >= 4 is 5.91 Å². The number of benzene rings is 1. The maximum absolute atomic E-state index is 12.5. The molecule has 134 valence electrons. The van der Waals surface area contributed by atoms with E-state index >= 15 is 0 Å². The lowest BCUT2D eigenvalue weighted by molar-refractivity contribution is 0.0448. The highest BCUT2D eigenvalue weighted by molar-refractivity contribution is 5.96. The Kier molecular flexibility index (Phi) is 5.72. The second-order valence-corrected chi connectivity index (χ2v) is 7.22. The van der Waals surface area contributed by atoms with Gasteiger partial charge in [0.1, 0.15) is 6.61 Å². The summed E-state index contributed by atoms with van der Waals surface area (Å²) in [7, 11) is 0. The van der Waals surface area contributed by atoms with E-state index in [0.29, 0.717) is 29.2 Å². The predicted molar refractivity (Wildman–Crippen MR) is 92.3 cm³/mol. The van der Waals surface area contributed by atoms with Crippen LogP contribution in [0, 0.1) is 12.3 Å². The Bertz CT molecular complexity index is 595. The molecule has 1 heterocycles. The minimum absolute atomic E-state index is 0.0399. The van der Waals surface area contributed by atoms with Gasteiger partial charge in [-0.05, 0) is 30.9 Å². The number of amides is 1. The van der Waals surface area contributed by atoms with Gasteiger partial charge in [-0.1, -0.05) is 27.7 Å². The molecule has 0 fully saturated rings. The fourth-order valence-corrected chi connectivity index (χ4v) is 2.80. The molecule has 0 saturated carbocycles. The molecule has 24 heavy (non-hydrogen) atoms. The van der Waals surface area contributed by atoms with Crippen LogP contribution in [0.4, 0.5) is 0 Å². The lowest BCUT2D eigenvalue weighted by Gasteiger charge is -2.31. The highest BCUT2D eigenvalue weighted by atomic mass is 16.6. The minimum atomic E-state index is -0.405. The van der Waals surface area contributed by atoms with Crippen LogP contribution in [-0.2, 0) is 0 Å². The molecule has 0 saturated heterocycles. The predicted octanol–water partition coefficient (Wildman–Crippen LogP) is 2.19. The molecule has 0 aromatic heterocycles. The van der Waals surface area contributed by atoms with Gasteiger partial charge in [-0.15, -0.1) is 0 Å². The average molecular weight is 336 g/mol. The second-order valence-electron chi connectivity index (χ2n) is 7.22. The number of hydrogen-bond donors (Lipinski definition) is 3. The molecule has 0 spiro atoms. The van der Waals surface area contributed by atoms with Crippen molar-refractivity contribution in [2.75, 3.05) is 13.2 Å². The smallest absolute Gasteiger partial charge is 0.265 e. The maximum atomic E-state index is 12.5. The zero-order valence-electron chi connectivity index (χ0n) is 15.1. The van der Waals surface area contributed by atoms with E-state index in [1.165, 1.54) is 0 Å². The largest absolute Gasteiger partial charge is 0.486 e. The quantitative estimate of drug-likeness (QED) is 0.718. The van der Waals surface area contributed by atoms with Gasteiger partial charge in [0, 0.05) is 17.2 Å². The third-order valence-electron chi connectivity index (χ3n) is 4.34. The number of hydrazine groups is 1. The Morgan fingerprint density at radius 3 is 2.71 bits per heavy atom. The van der Waals surface area contributed by atoms with Gasteiger partial charge >= 0.3 is 0 Å². The fourth-order valence-electron chi connectivity index (χ4n) is 2.80. The molecule has 2 rings (SSSR count). The van der Waals surface area contributed by atoms with Crippen LogP contribution < -0.4 is 20.3 Å². The van der Waals surface area contributed by atoms with Gasteiger partial charge in [0.2, 0.25) is 0 Å². The van der Waals surface area contributed by atoms with Gasteiger partial charge in [0.05, 0.1) is 6.61 Å². The Labute approximate surface area is 143 Å². The van der Waals surface area contributed by atoms with Gasteiger partial charge in [0.25, 0.3) is 5.91 Å². The van der Waals surface area contributed by atoms with Gasteiger partial charge in [0.15, 0.2) is 17.6 Å². The highest BCUT2D eigenvalue weighted by Crippen LogP contribution is 2.36. The van der Waals surface area contributed by atoms with Crippen LogP contribution in [0.15, 0.2) is 12.1 Å². The Hall–Kier alpha value is -1.79. The van der Waals surface area contributed by atoms with Crippen molar-refractivity contribution < 1.29 is 19.4 Å². The molecular weight excluding hydrogens is 308 g/mol. The van der Waals surface area contributed by atoms with Crippen LogP contribution >= 0.6 is 0 Å².